The second-order valence-corrected chi connectivity index (χ2v) is 9.19. The topological polar surface area (TPSA) is 42.6 Å². The summed E-state index contributed by atoms with van der Waals surface area (Å²) in [7, 11) is 0. The van der Waals surface area contributed by atoms with Gasteiger partial charge in [-0.05, 0) is 70.1 Å². The number of piperidine rings is 2. The van der Waals surface area contributed by atoms with Crippen LogP contribution < -0.4 is 0 Å². The van der Waals surface area contributed by atoms with Gasteiger partial charge in [-0.1, -0.05) is 19.3 Å². The highest BCUT2D eigenvalue weighted by Gasteiger charge is 2.30. The fourth-order valence-electron chi connectivity index (χ4n) is 5.52. The molecular formula is C23H38N4O. The fraction of sp³-hybridized carbons (Fsp3) is 0.783. The quantitative estimate of drug-likeness (QED) is 0.779. The van der Waals surface area contributed by atoms with Crippen molar-refractivity contribution in [2.45, 2.75) is 63.8 Å². The summed E-state index contributed by atoms with van der Waals surface area (Å²) in [5, 5.41) is 0. The molecule has 3 heterocycles. The van der Waals surface area contributed by atoms with Crippen LogP contribution in [0, 0.1) is 5.92 Å². The van der Waals surface area contributed by atoms with Crippen LogP contribution in [0.15, 0.2) is 18.5 Å². The number of hydrogen-bond acceptors (Lipinski definition) is 3. The lowest BCUT2D eigenvalue weighted by atomic mass is 9.95. The number of rotatable bonds is 7. The summed E-state index contributed by atoms with van der Waals surface area (Å²) in [6.07, 6.45) is 15.8. The molecule has 5 nitrogen and oxygen atoms in total. The molecule has 0 bridgehead atoms. The summed E-state index contributed by atoms with van der Waals surface area (Å²) in [6, 6.07) is 2.73. The molecular weight excluding hydrogens is 348 g/mol. The third-order valence-electron chi connectivity index (χ3n) is 7.14. The van der Waals surface area contributed by atoms with E-state index in [9.17, 15) is 4.79 Å². The van der Waals surface area contributed by atoms with Crippen LogP contribution in [0.1, 0.15) is 68.1 Å². The first-order chi connectivity index (χ1) is 13.8. The Balaban J connectivity index is 1.36. The molecule has 2 aliphatic heterocycles. The van der Waals surface area contributed by atoms with E-state index >= 15 is 0 Å². The molecule has 1 atom stereocenters. The summed E-state index contributed by atoms with van der Waals surface area (Å²) in [5.74, 6) is 0.829. The summed E-state index contributed by atoms with van der Waals surface area (Å²) >= 11 is 0. The maximum absolute atomic E-state index is 13.2. The SMILES string of the molecule is O=C(c1cc[nH]c1)N(CCN1CCCCC1)C[C@@H]1CCCN(C2CCCC2)C1. The molecule has 1 saturated carbocycles. The minimum atomic E-state index is 0.205. The average Bonchev–Trinajstić information content (AvgIpc) is 3.46. The minimum Gasteiger partial charge on any atom is -0.367 e. The lowest BCUT2D eigenvalue weighted by Gasteiger charge is -2.39. The van der Waals surface area contributed by atoms with Crippen molar-refractivity contribution in [1.29, 1.82) is 0 Å². The van der Waals surface area contributed by atoms with Gasteiger partial charge < -0.3 is 19.7 Å². The van der Waals surface area contributed by atoms with E-state index in [4.69, 9.17) is 0 Å². The molecule has 28 heavy (non-hydrogen) atoms. The van der Waals surface area contributed by atoms with Gasteiger partial charge in [0.15, 0.2) is 0 Å². The number of nitrogens with zero attached hydrogens (tertiary/aromatic N) is 3. The van der Waals surface area contributed by atoms with Crippen LogP contribution in [-0.2, 0) is 0 Å². The summed E-state index contributed by atoms with van der Waals surface area (Å²) < 4.78 is 0. The Hall–Kier alpha value is -1.33. The molecule has 0 unspecified atom stereocenters. The summed E-state index contributed by atoms with van der Waals surface area (Å²) in [4.78, 5) is 23.7. The molecule has 3 aliphatic rings. The highest BCUT2D eigenvalue weighted by atomic mass is 16.2. The van der Waals surface area contributed by atoms with E-state index in [0.717, 1.165) is 31.2 Å². The van der Waals surface area contributed by atoms with Gasteiger partial charge in [-0.25, -0.2) is 0 Å². The third kappa shape index (κ3) is 5.18. The molecule has 1 aromatic heterocycles. The molecule has 0 aromatic carbocycles. The lowest BCUT2D eigenvalue weighted by molar-refractivity contribution is 0.0610. The van der Waals surface area contributed by atoms with E-state index in [1.807, 2.05) is 18.5 Å². The van der Waals surface area contributed by atoms with E-state index in [2.05, 4.69) is 19.7 Å². The van der Waals surface area contributed by atoms with Gasteiger partial charge >= 0.3 is 0 Å². The molecule has 0 radical (unpaired) electrons. The first-order valence-corrected chi connectivity index (χ1v) is 11.7. The Bertz CT molecular complexity index is 590. The monoisotopic (exact) mass is 386 g/mol. The van der Waals surface area contributed by atoms with Gasteiger partial charge in [-0.15, -0.1) is 0 Å². The molecule has 3 fully saturated rings. The van der Waals surface area contributed by atoms with Crippen LogP contribution in [0.25, 0.3) is 0 Å². The second-order valence-electron chi connectivity index (χ2n) is 9.19. The first-order valence-electron chi connectivity index (χ1n) is 11.7. The predicted molar refractivity (Wildman–Crippen MR) is 114 cm³/mol. The van der Waals surface area contributed by atoms with Crippen molar-refractivity contribution >= 4 is 5.91 Å². The van der Waals surface area contributed by atoms with E-state index in [0.29, 0.717) is 5.92 Å². The van der Waals surface area contributed by atoms with Gasteiger partial charge in [0.05, 0.1) is 5.56 Å². The zero-order valence-corrected chi connectivity index (χ0v) is 17.5. The number of carbonyl (C=O) groups excluding carboxylic acids is 1. The number of amides is 1. The van der Waals surface area contributed by atoms with E-state index in [-0.39, 0.29) is 5.91 Å². The third-order valence-corrected chi connectivity index (χ3v) is 7.14. The van der Waals surface area contributed by atoms with Gasteiger partial charge in [0.2, 0.25) is 0 Å². The Morgan fingerprint density at radius 2 is 1.86 bits per heavy atom. The van der Waals surface area contributed by atoms with E-state index < -0.39 is 0 Å². The predicted octanol–water partition coefficient (Wildman–Crippen LogP) is 3.60. The molecule has 1 N–H and O–H groups in total. The van der Waals surface area contributed by atoms with Crippen LogP contribution in [0.3, 0.4) is 0 Å². The fourth-order valence-corrected chi connectivity index (χ4v) is 5.52. The number of carbonyl (C=O) groups is 1. The molecule has 1 amide bonds. The Labute approximate surface area is 170 Å². The van der Waals surface area contributed by atoms with Crippen LogP contribution in [0.4, 0.5) is 0 Å². The lowest BCUT2D eigenvalue weighted by Crippen LogP contribution is -2.47. The second kappa shape index (κ2) is 9.93. The minimum absolute atomic E-state index is 0.205. The van der Waals surface area contributed by atoms with E-state index in [1.165, 1.54) is 84.0 Å². The van der Waals surface area contributed by atoms with Crippen molar-refractivity contribution in [3.63, 3.8) is 0 Å². The van der Waals surface area contributed by atoms with Gasteiger partial charge in [0.25, 0.3) is 5.91 Å². The summed E-state index contributed by atoms with van der Waals surface area (Å²) in [6.45, 7) is 7.66. The Morgan fingerprint density at radius 1 is 1.04 bits per heavy atom. The number of hydrogen-bond donors (Lipinski definition) is 1. The molecule has 156 valence electrons. The molecule has 2 saturated heterocycles. The average molecular weight is 387 g/mol. The highest BCUT2D eigenvalue weighted by Crippen LogP contribution is 2.28. The zero-order valence-electron chi connectivity index (χ0n) is 17.5. The molecule has 1 aliphatic carbocycles. The van der Waals surface area contributed by atoms with Crippen molar-refractivity contribution in [2.24, 2.45) is 5.92 Å². The van der Waals surface area contributed by atoms with Crippen LogP contribution in [0.2, 0.25) is 0 Å². The normalized spacial score (nSPS) is 25.2. The summed E-state index contributed by atoms with van der Waals surface area (Å²) in [5.41, 5.74) is 0.808. The first kappa shape index (κ1) is 20.0. The van der Waals surface area contributed by atoms with Crippen LogP contribution >= 0.6 is 0 Å². The van der Waals surface area contributed by atoms with Gasteiger partial charge in [0.1, 0.15) is 0 Å². The molecule has 1 aromatic rings. The smallest absolute Gasteiger partial charge is 0.255 e. The van der Waals surface area contributed by atoms with Crippen molar-refractivity contribution in [3.05, 3.63) is 24.0 Å². The molecule has 4 rings (SSSR count). The Kier molecular flexibility index (Phi) is 7.08. The molecule has 0 spiro atoms. The van der Waals surface area contributed by atoms with Gasteiger partial charge in [0, 0.05) is 44.6 Å². The van der Waals surface area contributed by atoms with E-state index in [1.54, 1.807) is 0 Å². The van der Waals surface area contributed by atoms with Crippen molar-refractivity contribution in [1.82, 2.24) is 19.7 Å². The van der Waals surface area contributed by atoms with Gasteiger partial charge in [-0.2, -0.15) is 0 Å². The Morgan fingerprint density at radius 3 is 2.61 bits per heavy atom. The number of H-pyrrole nitrogens is 1. The van der Waals surface area contributed by atoms with Crippen molar-refractivity contribution < 1.29 is 4.79 Å². The highest BCUT2D eigenvalue weighted by molar-refractivity contribution is 5.94. The largest absolute Gasteiger partial charge is 0.367 e. The van der Waals surface area contributed by atoms with Crippen LogP contribution in [-0.4, -0.2) is 77.4 Å². The van der Waals surface area contributed by atoms with Gasteiger partial charge in [-0.3, -0.25) is 4.79 Å². The molecule has 5 heteroatoms. The van der Waals surface area contributed by atoms with Crippen molar-refractivity contribution in [3.8, 4) is 0 Å². The number of aromatic amines is 1. The standard InChI is InChI=1S/C23H38N4O/c28-23(21-10-11-24-17-21)27(16-15-25-12-4-1-5-13-25)19-20-7-6-14-26(18-20)22-8-2-3-9-22/h10-11,17,20,22,24H,1-9,12-16,18-19H2/t20-/m1/s1. The van der Waals surface area contributed by atoms with Crippen molar-refractivity contribution in [2.75, 3.05) is 45.8 Å². The van der Waals surface area contributed by atoms with Crippen LogP contribution in [0.5, 0.6) is 0 Å². The maximum atomic E-state index is 13.2. The number of nitrogens with one attached hydrogen (secondary N) is 1. The maximum Gasteiger partial charge on any atom is 0.255 e. The zero-order chi connectivity index (χ0) is 19.2. The number of likely N-dealkylation sites (tertiary alicyclic amines) is 2. The number of aromatic nitrogens is 1.